The molecule has 0 spiro atoms. The maximum absolute atomic E-state index is 6.34. The number of benzene rings is 2. The van der Waals surface area contributed by atoms with Crippen LogP contribution in [0.15, 0.2) is 42.5 Å². The second-order valence-electron chi connectivity index (χ2n) is 5.51. The van der Waals surface area contributed by atoms with Gasteiger partial charge in [0.05, 0.1) is 25.9 Å². The molecule has 2 heterocycles. The van der Waals surface area contributed by atoms with Gasteiger partial charge in [0.1, 0.15) is 0 Å². The molecule has 0 radical (unpaired) electrons. The van der Waals surface area contributed by atoms with Crippen molar-refractivity contribution in [1.82, 2.24) is 4.98 Å². The maximum atomic E-state index is 6.34. The van der Waals surface area contributed by atoms with Gasteiger partial charge in [-0.3, -0.25) is 0 Å². The fourth-order valence-electron chi connectivity index (χ4n) is 2.87. The summed E-state index contributed by atoms with van der Waals surface area (Å²) < 4.78 is 1.24. The summed E-state index contributed by atoms with van der Waals surface area (Å²) in [4.78, 5) is 9.38. The van der Waals surface area contributed by atoms with E-state index in [1.54, 1.807) is 11.3 Å². The first-order valence-electron chi connectivity index (χ1n) is 7.52. The number of aromatic nitrogens is 1. The highest BCUT2D eigenvalue weighted by Gasteiger charge is 2.21. The molecule has 0 atom stereocenters. The summed E-state index contributed by atoms with van der Waals surface area (Å²) >= 11 is 14.2. The normalized spacial score (nSPS) is 15.4. The average molecular weight is 364 g/mol. The van der Waals surface area contributed by atoms with Crippen LogP contribution >= 0.6 is 34.5 Å². The topological polar surface area (TPSA) is 19.4 Å². The van der Waals surface area contributed by atoms with Crippen LogP contribution in [-0.4, -0.2) is 31.2 Å². The van der Waals surface area contributed by atoms with Crippen LogP contribution in [0.5, 0.6) is 0 Å². The molecule has 0 N–H and O–H groups in total. The molecule has 1 saturated heterocycles. The molecule has 0 unspecified atom stereocenters. The lowest BCUT2D eigenvalue weighted by molar-refractivity contribution is 0.652. The second-order valence-corrected chi connectivity index (χ2v) is 7.31. The largest absolute Gasteiger partial charge is 0.367 e. The molecular weight excluding hydrogens is 349 g/mol. The molecule has 2 aromatic carbocycles. The first-order valence-corrected chi connectivity index (χ1v) is 9.09. The lowest BCUT2D eigenvalue weighted by atomic mass is 10.2. The quantitative estimate of drug-likeness (QED) is 0.643. The summed E-state index contributed by atoms with van der Waals surface area (Å²) in [6, 6.07) is 14.1. The number of thiazole rings is 1. The Morgan fingerprint density at radius 1 is 0.870 bits per heavy atom. The summed E-state index contributed by atoms with van der Waals surface area (Å²) in [5, 5.41) is 2.35. The average Bonchev–Trinajstić information content (AvgIpc) is 3.02. The Bertz CT molecular complexity index is 808. The van der Waals surface area contributed by atoms with Gasteiger partial charge in [0.15, 0.2) is 5.13 Å². The predicted molar refractivity (Wildman–Crippen MR) is 101 cm³/mol. The number of hydrogen-bond donors (Lipinski definition) is 0. The summed E-state index contributed by atoms with van der Waals surface area (Å²) in [5.41, 5.74) is 2.09. The third-order valence-corrected chi connectivity index (χ3v) is 6.01. The number of rotatable bonds is 2. The lowest BCUT2D eigenvalue weighted by Gasteiger charge is -2.36. The van der Waals surface area contributed by atoms with E-state index in [4.69, 9.17) is 28.2 Å². The number of nitrogens with zero attached hydrogens (tertiary/aromatic N) is 3. The third-order valence-electron chi connectivity index (χ3n) is 4.10. The molecule has 1 aliphatic heterocycles. The zero-order chi connectivity index (χ0) is 15.8. The van der Waals surface area contributed by atoms with Crippen molar-refractivity contribution in [3.05, 3.63) is 52.5 Å². The van der Waals surface area contributed by atoms with Crippen LogP contribution in [-0.2, 0) is 0 Å². The molecular formula is C17H15Cl2N3S. The molecule has 3 aromatic rings. The Balaban J connectivity index is 1.51. The fourth-order valence-corrected chi connectivity index (χ4v) is 4.30. The number of halogens is 2. The highest BCUT2D eigenvalue weighted by atomic mass is 35.5. The van der Waals surface area contributed by atoms with E-state index >= 15 is 0 Å². The van der Waals surface area contributed by atoms with Gasteiger partial charge in [-0.2, -0.15) is 0 Å². The first-order chi connectivity index (χ1) is 11.2. The van der Waals surface area contributed by atoms with Crippen molar-refractivity contribution in [2.45, 2.75) is 0 Å². The molecule has 3 nitrogen and oxygen atoms in total. The van der Waals surface area contributed by atoms with Crippen LogP contribution < -0.4 is 9.80 Å². The van der Waals surface area contributed by atoms with Crippen molar-refractivity contribution in [3.8, 4) is 0 Å². The summed E-state index contributed by atoms with van der Waals surface area (Å²) in [5.74, 6) is 0. The van der Waals surface area contributed by atoms with Crippen LogP contribution in [0.25, 0.3) is 10.2 Å². The molecule has 23 heavy (non-hydrogen) atoms. The minimum atomic E-state index is 0.609. The maximum Gasteiger partial charge on any atom is 0.186 e. The minimum Gasteiger partial charge on any atom is -0.367 e. The molecule has 1 aromatic heterocycles. The van der Waals surface area contributed by atoms with E-state index in [1.807, 2.05) is 24.3 Å². The van der Waals surface area contributed by atoms with Gasteiger partial charge in [0, 0.05) is 26.2 Å². The van der Waals surface area contributed by atoms with Crippen molar-refractivity contribution >= 4 is 55.6 Å². The van der Waals surface area contributed by atoms with Crippen molar-refractivity contribution in [3.63, 3.8) is 0 Å². The van der Waals surface area contributed by atoms with E-state index < -0.39 is 0 Å². The molecule has 0 amide bonds. The van der Waals surface area contributed by atoms with Crippen molar-refractivity contribution in [2.75, 3.05) is 36.0 Å². The zero-order valence-corrected chi connectivity index (χ0v) is 14.7. The highest BCUT2D eigenvalue weighted by molar-refractivity contribution is 7.22. The van der Waals surface area contributed by atoms with Crippen molar-refractivity contribution in [2.24, 2.45) is 0 Å². The van der Waals surface area contributed by atoms with Gasteiger partial charge in [-0.05, 0) is 24.3 Å². The van der Waals surface area contributed by atoms with Gasteiger partial charge in [-0.15, -0.1) is 0 Å². The minimum absolute atomic E-state index is 0.609. The Labute approximate surface area is 149 Å². The number of anilines is 2. The molecule has 6 heteroatoms. The van der Waals surface area contributed by atoms with Gasteiger partial charge in [-0.25, -0.2) is 4.98 Å². The van der Waals surface area contributed by atoms with Crippen LogP contribution in [0.3, 0.4) is 0 Å². The zero-order valence-electron chi connectivity index (χ0n) is 12.4. The Morgan fingerprint density at radius 2 is 1.61 bits per heavy atom. The van der Waals surface area contributed by atoms with Crippen LogP contribution in [0.2, 0.25) is 10.0 Å². The van der Waals surface area contributed by atoms with E-state index in [-0.39, 0.29) is 0 Å². The Morgan fingerprint density at radius 3 is 2.39 bits per heavy atom. The standard InChI is InChI=1S/C17H15Cl2N3S/c18-12-4-3-6-14(16(12)19)21-8-10-22(11-9-21)17-20-13-5-1-2-7-15(13)23-17/h1-7H,8-11H2. The van der Waals surface area contributed by atoms with Gasteiger partial charge < -0.3 is 9.80 Å². The van der Waals surface area contributed by atoms with Gasteiger partial charge in [-0.1, -0.05) is 52.7 Å². The monoisotopic (exact) mass is 363 g/mol. The SMILES string of the molecule is Clc1cccc(N2CCN(c3nc4ccccc4s3)CC2)c1Cl. The van der Waals surface area contributed by atoms with Gasteiger partial charge >= 0.3 is 0 Å². The van der Waals surface area contributed by atoms with E-state index in [1.165, 1.54) is 4.70 Å². The summed E-state index contributed by atoms with van der Waals surface area (Å²) in [6.45, 7) is 3.69. The predicted octanol–water partition coefficient (Wildman–Crippen LogP) is 4.93. The lowest BCUT2D eigenvalue weighted by Crippen LogP contribution is -2.46. The summed E-state index contributed by atoms with van der Waals surface area (Å²) in [6.07, 6.45) is 0. The van der Waals surface area contributed by atoms with Crippen LogP contribution in [0, 0.1) is 0 Å². The van der Waals surface area contributed by atoms with E-state index in [0.717, 1.165) is 42.5 Å². The van der Waals surface area contributed by atoms with Crippen molar-refractivity contribution in [1.29, 1.82) is 0 Å². The number of fused-ring (bicyclic) bond motifs is 1. The molecule has 0 bridgehead atoms. The van der Waals surface area contributed by atoms with Gasteiger partial charge in [0.25, 0.3) is 0 Å². The molecule has 0 aliphatic carbocycles. The van der Waals surface area contributed by atoms with E-state index in [2.05, 4.69) is 28.0 Å². The van der Waals surface area contributed by atoms with Crippen LogP contribution in [0.1, 0.15) is 0 Å². The fraction of sp³-hybridized carbons (Fsp3) is 0.235. The Hall–Kier alpha value is -1.49. The highest BCUT2D eigenvalue weighted by Crippen LogP contribution is 2.34. The van der Waals surface area contributed by atoms with Crippen molar-refractivity contribution < 1.29 is 0 Å². The molecule has 1 fully saturated rings. The molecule has 0 saturated carbocycles. The van der Waals surface area contributed by atoms with E-state index in [0.29, 0.717) is 10.0 Å². The third kappa shape index (κ3) is 2.87. The van der Waals surface area contributed by atoms with E-state index in [9.17, 15) is 0 Å². The molecule has 4 rings (SSSR count). The number of hydrogen-bond acceptors (Lipinski definition) is 4. The number of para-hydroxylation sites is 1. The van der Waals surface area contributed by atoms with Gasteiger partial charge in [0.2, 0.25) is 0 Å². The second kappa shape index (κ2) is 6.19. The number of piperazine rings is 1. The smallest absolute Gasteiger partial charge is 0.186 e. The van der Waals surface area contributed by atoms with Crippen LogP contribution in [0.4, 0.5) is 10.8 Å². The molecule has 1 aliphatic rings. The first kappa shape index (κ1) is 15.1. The molecule has 118 valence electrons. The Kier molecular flexibility index (Phi) is 4.05. The summed E-state index contributed by atoms with van der Waals surface area (Å²) in [7, 11) is 0.